The third-order valence-electron chi connectivity index (χ3n) is 4.95. The maximum atomic E-state index is 12.3. The minimum Gasteiger partial charge on any atom is -0.444 e. The lowest BCUT2D eigenvalue weighted by atomic mass is 10.1. The van der Waals surface area contributed by atoms with E-state index in [0.29, 0.717) is 18.9 Å². The van der Waals surface area contributed by atoms with E-state index in [1.807, 2.05) is 26.8 Å². The van der Waals surface area contributed by atoms with Crippen LogP contribution in [0.5, 0.6) is 0 Å². The predicted molar refractivity (Wildman–Crippen MR) is 113 cm³/mol. The van der Waals surface area contributed by atoms with Gasteiger partial charge in [0.1, 0.15) is 5.60 Å². The van der Waals surface area contributed by atoms with Crippen LogP contribution in [0.1, 0.15) is 27.7 Å². The third-order valence-corrected chi connectivity index (χ3v) is 5.39. The van der Waals surface area contributed by atoms with Gasteiger partial charge in [0.05, 0.1) is 17.8 Å². The smallest absolute Gasteiger partial charge is 0.410 e. The number of rotatable bonds is 1. The fraction of sp³-hybridized carbons (Fsp3) is 0.579. The number of carbonyl (C=O) groups is 1. The molecule has 8 nitrogen and oxygen atoms in total. The van der Waals surface area contributed by atoms with Crippen molar-refractivity contribution in [3.8, 4) is 0 Å². The first-order valence-electron chi connectivity index (χ1n) is 9.43. The molecular weight excluding hydrogens is 424 g/mol. The molecule has 3 aliphatic heterocycles. The Labute approximate surface area is 173 Å². The zero-order chi connectivity index (χ0) is 20.2. The van der Waals surface area contributed by atoms with Crippen molar-refractivity contribution in [3.05, 3.63) is 16.7 Å². The number of ether oxygens (including phenoxy) is 1. The van der Waals surface area contributed by atoms with E-state index in [-0.39, 0.29) is 18.2 Å². The standard InChI is InChI=1S/C19H25BrN6O2/c1-11-8-26-14-6-12(20)7-21-15(14)23-16(17(26)22-11)25-9-13(10-25)24(5)18(27)28-19(2,3)4/h6-7,11,13H,8-10H2,1-5H3/t11-/m0/s1. The van der Waals surface area contributed by atoms with Crippen molar-refractivity contribution in [2.45, 2.75) is 45.4 Å². The Balaban J connectivity index is 1.52. The van der Waals surface area contributed by atoms with Crippen LogP contribution in [0.25, 0.3) is 0 Å². The minimum atomic E-state index is -0.499. The van der Waals surface area contributed by atoms with Crippen LogP contribution >= 0.6 is 15.9 Å². The Hall–Kier alpha value is -2.16. The number of carbonyl (C=O) groups excluding carboxylic acids is 1. The maximum Gasteiger partial charge on any atom is 0.410 e. The van der Waals surface area contributed by atoms with Gasteiger partial charge in [-0.3, -0.25) is 4.99 Å². The van der Waals surface area contributed by atoms with Gasteiger partial charge in [0.2, 0.25) is 0 Å². The summed E-state index contributed by atoms with van der Waals surface area (Å²) >= 11 is 3.49. The number of hydrogen-bond acceptors (Lipinski definition) is 7. The Bertz CT molecular complexity index is 872. The average molecular weight is 449 g/mol. The molecule has 0 saturated carbocycles. The lowest BCUT2D eigenvalue weighted by Gasteiger charge is -2.46. The van der Waals surface area contributed by atoms with E-state index < -0.39 is 5.60 Å². The minimum absolute atomic E-state index is 0.0877. The number of amides is 1. The molecule has 0 aromatic carbocycles. The second-order valence-electron chi connectivity index (χ2n) is 8.49. The Morgan fingerprint density at radius 2 is 2.00 bits per heavy atom. The van der Waals surface area contributed by atoms with Crippen molar-refractivity contribution in [2.24, 2.45) is 9.98 Å². The molecule has 28 heavy (non-hydrogen) atoms. The third kappa shape index (κ3) is 3.47. The average Bonchev–Trinajstić information content (AvgIpc) is 2.94. The summed E-state index contributed by atoms with van der Waals surface area (Å²) in [6, 6.07) is 2.32. The summed E-state index contributed by atoms with van der Waals surface area (Å²) < 4.78 is 6.39. The largest absolute Gasteiger partial charge is 0.444 e. The van der Waals surface area contributed by atoms with Crippen molar-refractivity contribution in [2.75, 3.05) is 31.6 Å². The molecule has 1 atom stereocenters. The van der Waals surface area contributed by atoms with Gasteiger partial charge in [-0.2, -0.15) is 0 Å². The number of fused-ring (bicyclic) bond motifs is 3. The molecule has 1 saturated heterocycles. The number of amidine groups is 2. The second kappa shape index (κ2) is 6.72. The van der Waals surface area contributed by atoms with Crippen LogP contribution in [0.2, 0.25) is 0 Å². The fourth-order valence-electron chi connectivity index (χ4n) is 3.49. The highest BCUT2D eigenvalue weighted by atomic mass is 79.9. The molecule has 4 heterocycles. The Kier molecular flexibility index (Phi) is 4.60. The van der Waals surface area contributed by atoms with E-state index in [4.69, 9.17) is 14.7 Å². The number of likely N-dealkylation sites (N-methyl/N-ethyl adjacent to an activating group) is 1. The van der Waals surface area contributed by atoms with E-state index in [9.17, 15) is 4.79 Å². The van der Waals surface area contributed by atoms with Crippen molar-refractivity contribution in [1.82, 2.24) is 14.8 Å². The van der Waals surface area contributed by atoms with Gasteiger partial charge < -0.3 is 19.4 Å². The van der Waals surface area contributed by atoms with Gasteiger partial charge in [0.15, 0.2) is 17.5 Å². The summed E-state index contributed by atoms with van der Waals surface area (Å²) in [6.45, 7) is 9.93. The molecule has 0 N–H and O–H groups in total. The number of likely N-dealkylation sites (tertiary alicyclic amines) is 1. The molecule has 1 aromatic rings. The molecule has 0 aliphatic carbocycles. The van der Waals surface area contributed by atoms with Gasteiger partial charge in [0.25, 0.3) is 0 Å². The number of halogens is 1. The molecule has 0 spiro atoms. The van der Waals surface area contributed by atoms with Gasteiger partial charge in [-0.05, 0) is 49.7 Å². The summed E-state index contributed by atoms with van der Waals surface area (Å²) in [6.07, 6.45) is 1.46. The quantitative estimate of drug-likeness (QED) is 0.659. The number of nitrogens with zero attached hydrogens (tertiary/aromatic N) is 6. The van der Waals surface area contributed by atoms with Crippen molar-refractivity contribution in [3.63, 3.8) is 0 Å². The monoisotopic (exact) mass is 448 g/mol. The lowest BCUT2D eigenvalue weighted by Crippen LogP contribution is -2.64. The van der Waals surface area contributed by atoms with Crippen LogP contribution in [-0.4, -0.2) is 76.9 Å². The van der Waals surface area contributed by atoms with E-state index in [1.54, 1.807) is 18.1 Å². The molecule has 150 valence electrons. The van der Waals surface area contributed by atoms with Gasteiger partial charge in [-0.15, -0.1) is 0 Å². The second-order valence-corrected chi connectivity index (χ2v) is 9.41. The zero-order valence-electron chi connectivity index (χ0n) is 16.8. The molecule has 1 aromatic heterocycles. The first kappa shape index (κ1) is 19.2. The summed E-state index contributed by atoms with van der Waals surface area (Å²) in [5.41, 5.74) is 0.477. The Morgan fingerprint density at radius 3 is 2.68 bits per heavy atom. The summed E-state index contributed by atoms with van der Waals surface area (Å²) in [4.78, 5) is 32.4. The molecule has 1 amide bonds. The predicted octanol–water partition coefficient (Wildman–Crippen LogP) is 3.05. The summed E-state index contributed by atoms with van der Waals surface area (Å²) in [5, 5.41) is 0. The van der Waals surface area contributed by atoms with Crippen molar-refractivity contribution in [1.29, 1.82) is 0 Å². The molecular formula is C19H25BrN6O2. The van der Waals surface area contributed by atoms with Crippen LogP contribution < -0.4 is 4.90 Å². The van der Waals surface area contributed by atoms with Crippen LogP contribution in [0, 0.1) is 0 Å². The highest BCUT2D eigenvalue weighted by Crippen LogP contribution is 2.37. The Morgan fingerprint density at radius 1 is 1.29 bits per heavy atom. The highest BCUT2D eigenvalue weighted by Gasteiger charge is 2.42. The number of hydrogen-bond donors (Lipinski definition) is 0. The van der Waals surface area contributed by atoms with Crippen LogP contribution in [0.15, 0.2) is 26.7 Å². The molecule has 4 rings (SSSR count). The molecule has 9 heteroatoms. The van der Waals surface area contributed by atoms with Crippen molar-refractivity contribution >= 4 is 45.2 Å². The molecule has 3 aliphatic rings. The van der Waals surface area contributed by atoms with E-state index in [1.165, 1.54) is 0 Å². The molecule has 0 unspecified atom stereocenters. The lowest BCUT2D eigenvalue weighted by molar-refractivity contribution is 0.00783. The zero-order valence-corrected chi connectivity index (χ0v) is 18.4. The summed E-state index contributed by atoms with van der Waals surface area (Å²) in [5.74, 6) is 2.42. The normalized spacial score (nSPS) is 21.4. The maximum absolute atomic E-state index is 12.3. The highest BCUT2D eigenvalue weighted by molar-refractivity contribution is 9.10. The summed E-state index contributed by atoms with van der Waals surface area (Å²) in [7, 11) is 1.79. The SMILES string of the molecule is C[C@H]1CN2C(=N1)C(N1CC(N(C)C(=O)OC(C)(C)C)C1)=Nc1ncc(Br)cc12. The van der Waals surface area contributed by atoms with Crippen LogP contribution in [0.4, 0.5) is 16.3 Å². The van der Waals surface area contributed by atoms with Gasteiger partial charge in [-0.25, -0.2) is 14.8 Å². The van der Waals surface area contributed by atoms with E-state index >= 15 is 0 Å². The van der Waals surface area contributed by atoms with E-state index in [2.05, 4.69) is 37.6 Å². The van der Waals surface area contributed by atoms with Gasteiger partial charge >= 0.3 is 6.09 Å². The number of anilines is 1. The molecule has 1 fully saturated rings. The molecule has 0 bridgehead atoms. The van der Waals surface area contributed by atoms with E-state index in [0.717, 1.165) is 28.4 Å². The van der Waals surface area contributed by atoms with Gasteiger partial charge in [-0.1, -0.05) is 0 Å². The number of aliphatic imine (C=N–C) groups is 2. The number of pyridine rings is 1. The van der Waals surface area contributed by atoms with Gasteiger partial charge in [0, 0.05) is 37.4 Å². The first-order chi connectivity index (χ1) is 13.1. The van der Waals surface area contributed by atoms with Crippen LogP contribution in [0.3, 0.4) is 0 Å². The van der Waals surface area contributed by atoms with Crippen molar-refractivity contribution < 1.29 is 9.53 Å². The first-order valence-corrected chi connectivity index (χ1v) is 10.2. The van der Waals surface area contributed by atoms with Crippen LogP contribution in [-0.2, 0) is 4.74 Å². The fourth-order valence-corrected chi connectivity index (χ4v) is 3.80. The topological polar surface area (TPSA) is 73.6 Å². The molecule has 0 radical (unpaired) electrons. The number of aromatic nitrogens is 1.